The molecule has 1 rings (SSSR count). The highest BCUT2D eigenvalue weighted by atomic mass is 16.6. The van der Waals surface area contributed by atoms with Crippen molar-refractivity contribution in [1.82, 2.24) is 5.32 Å². The number of esters is 1. The molecule has 0 aliphatic rings. The minimum Gasteiger partial charge on any atom is -0.485 e. The molecule has 1 aromatic rings. The summed E-state index contributed by atoms with van der Waals surface area (Å²) in [4.78, 5) is 22.2. The monoisotopic (exact) mass is 296 g/mol. The fourth-order valence-corrected chi connectivity index (χ4v) is 1.76. The average Bonchev–Trinajstić information content (AvgIpc) is 2.43. The van der Waals surface area contributed by atoms with Crippen molar-refractivity contribution in [1.29, 1.82) is 0 Å². The van der Waals surface area contributed by atoms with E-state index >= 15 is 0 Å². The number of carbonyl (C=O) groups is 1. The molecule has 0 saturated carbocycles. The number of benzene rings is 1. The predicted octanol–water partition coefficient (Wildman–Crippen LogP) is 1.82. The van der Waals surface area contributed by atoms with Gasteiger partial charge in [-0.25, -0.2) is 0 Å². The molecule has 0 bridgehead atoms. The highest BCUT2D eigenvalue weighted by Gasteiger charge is 2.22. The van der Waals surface area contributed by atoms with Crippen LogP contribution in [0.15, 0.2) is 18.2 Å². The molecule has 0 spiro atoms. The number of carbonyl (C=O) groups excluding carboxylic acids is 1. The smallest absolute Gasteiger partial charge is 0.326 e. The lowest BCUT2D eigenvalue weighted by Crippen LogP contribution is -2.42. The number of nitrogens with zero attached hydrogens (tertiary/aromatic N) is 1. The third kappa shape index (κ3) is 5.03. The topological polar surface area (TPSA) is 90.7 Å². The maximum Gasteiger partial charge on any atom is 0.326 e. The van der Waals surface area contributed by atoms with Crippen molar-refractivity contribution in [2.45, 2.75) is 26.8 Å². The number of nitro groups is 1. The standard InChI is InChI=1S/C14H20N2O5/c1-4-15-11(14(17)20-5-2)9-21-13-8-10(3)6-7-12(13)16(18)19/h6-8,11,15H,4-5,9H2,1-3H3. The number of aryl methyl sites for hydroxylation is 1. The number of nitro benzene ring substituents is 1. The lowest BCUT2D eigenvalue weighted by molar-refractivity contribution is -0.385. The Kier molecular flexibility index (Phi) is 6.61. The van der Waals surface area contributed by atoms with Crippen molar-refractivity contribution < 1.29 is 19.2 Å². The Bertz CT molecular complexity index is 504. The second-order valence-corrected chi connectivity index (χ2v) is 4.40. The molecule has 1 N–H and O–H groups in total. The molecule has 0 aliphatic heterocycles. The highest BCUT2D eigenvalue weighted by Crippen LogP contribution is 2.27. The molecule has 7 nitrogen and oxygen atoms in total. The molecular formula is C14H20N2O5. The van der Waals surface area contributed by atoms with Gasteiger partial charge in [-0.05, 0) is 32.0 Å². The molecule has 0 fully saturated rings. The minimum atomic E-state index is -0.657. The molecule has 0 aromatic heterocycles. The van der Waals surface area contributed by atoms with E-state index in [2.05, 4.69) is 5.32 Å². The van der Waals surface area contributed by atoms with E-state index in [0.29, 0.717) is 6.54 Å². The molecular weight excluding hydrogens is 276 g/mol. The maximum absolute atomic E-state index is 11.7. The molecule has 0 aliphatic carbocycles. The van der Waals surface area contributed by atoms with Crippen LogP contribution in [0.2, 0.25) is 0 Å². The number of hydrogen-bond acceptors (Lipinski definition) is 6. The van der Waals surface area contributed by atoms with Gasteiger partial charge in [-0.1, -0.05) is 13.0 Å². The first kappa shape index (κ1) is 16.9. The summed E-state index contributed by atoms with van der Waals surface area (Å²) >= 11 is 0. The first-order valence-electron chi connectivity index (χ1n) is 6.77. The van der Waals surface area contributed by atoms with Crippen LogP contribution in [0.1, 0.15) is 19.4 Å². The fourth-order valence-electron chi connectivity index (χ4n) is 1.76. The van der Waals surface area contributed by atoms with Crippen LogP contribution in [-0.4, -0.2) is 36.7 Å². The SMILES string of the molecule is CCNC(COc1cc(C)ccc1[N+](=O)[O-])C(=O)OCC. The van der Waals surface area contributed by atoms with Crippen LogP contribution in [0.5, 0.6) is 5.75 Å². The molecule has 0 amide bonds. The largest absolute Gasteiger partial charge is 0.485 e. The summed E-state index contributed by atoms with van der Waals surface area (Å²) in [6.07, 6.45) is 0. The van der Waals surface area contributed by atoms with Crippen molar-refractivity contribution in [2.24, 2.45) is 0 Å². The Morgan fingerprint density at radius 1 is 1.43 bits per heavy atom. The third-order valence-corrected chi connectivity index (χ3v) is 2.74. The molecule has 116 valence electrons. The van der Waals surface area contributed by atoms with E-state index in [1.165, 1.54) is 6.07 Å². The van der Waals surface area contributed by atoms with Crippen molar-refractivity contribution in [3.05, 3.63) is 33.9 Å². The lowest BCUT2D eigenvalue weighted by atomic mass is 10.2. The molecule has 1 aromatic carbocycles. The van der Waals surface area contributed by atoms with Crippen molar-refractivity contribution in [2.75, 3.05) is 19.8 Å². The van der Waals surface area contributed by atoms with Gasteiger partial charge in [0.05, 0.1) is 11.5 Å². The molecule has 21 heavy (non-hydrogen) atoms. The summed E-state index contributed by atoms with van der Waals surface area (Å²) in [6.45, 7) is 6.17. The summed E-state index contributed by atoms with van der Waals surface area (Å²) in [5, 5.41) is 13.9. The molecule has 7 heteroatoms. The van der Waals surface area contributed by atoms with Crippen molar-refractivity contribution in [3.63, 3.8) is 0 Å². The summed E-state index contributed by atoms with van der Waals surface area (Å²) in [5.74, 6) is -0.290. The van der Waals surface area contributed by atoms with Crippen LogP contribution in [-0.2, 0) is 9.53 Å². The van der Waals surface area contributed by atoms with Gasteiger partial charge in [-0.3, -0.25) is 14.9 Å². The van der Waals surface area contributed by atoms with Crippen molar-refractivity contribution >= 4 is 11.7 Å². The zero-order valence-corrected chi connectivity index (χ0v) is 12.4. The lowest BCUT2D eigenvalue weighted by Gasteiger charge is -2.17. The minimum absolute atomic E-state index is 0.0308. The fraction of sp³-hybridized carbons (Fsp3) is 0.500. The van der Waals surface area contributed by atoms with Gasteiger partial charge in [0.1, 0.15) is 12.6 Å². The van der Waals surface area contributed by atoms with Gasteiger partial charge in [0.15, 0.2) is 5.75 Å². The van der Waals surface area contributed by atoms with Crippen molar-refractivity contribution in [3.8, 4) is 5.75 Å². The van der Waals surface area contributed by atoms with Gasteiger partial charge >= 0.3 is 11.7 Å². The van der Waals surface area contributed by atoms with Crippen LogP contribution in [0.4, 0.5) is 5.69 Å². The van der Waals surface area contributed by atoms with Gasteiger partial charge < -0.3 is 14.8 Å². The Hall–Kier alpha value is -2.15. The average molecular weight is 296 g/mol. The first-order chi connectivity index (χ1) is 9.99. The Morgan fingerprint density at radius 3 is 2.71 bits per heavy atom. The zero-order valence-electron chi connectivity index (χ0n) is 12.4. The Labute approximate surface area is 123 Å². The van der Waals surface area contributed by atoms with Gasteiger partial charge in [0.25, 0.3) is 0 Å². The number of ether oxygens (including phenoxy) is 2. The number of nitrogens with one attached hydrogen (secondary N) is 1. The van der Waals surface area contributed by atoms with Crippen LogP contribution in [0, 0.1) is 17.0 Å². The quantitative estimate of drug-likeness (QED) is 0.447. The van der Waals surface area contributed by atoms with Crippen LogP contribution < -0.4 is 10.1 Å². The van der Waals surface area contributed by atoms with Gasteiger partial charge in [0.2, 0.25) is 0 Å². The molecule has 1 atom stereocenters. The number of rotatable bonds is 8. The molecule has 0 saturated heterocycles. The first-order valence-corrected chi connectivity index (χ1v) is 6.77. The van der Waals surface area contributed by atoms with E-state index in [1.54, 1.807) is 19.1 Å². The molecule has 1 unspecified atom stereocenters. The molecule has 0 heterocycles. The van der Waals surface area contributed by atoms with Gasteiger partial charge in [-0.2, -0.15) is 0 Å². The summed E-state index contributed by atoms with van der Waals surface area (Å²) in [7, 11) is 0. The molecule has 0 radical (unpaired) electrons. The Balaban J connectivity index is 2.82. The zero-order chi connectivity index (χ0) is 15.8. The predicted molar refractivity (Wildman–Crippen MR) is 77.4 cm³/mol. The van der Waals surface area contributed by atoms with Gasteiger partial charge in [-0.15, -0.1) is 0 Å². The second-order valence-electron chi connectivity index (χ2n) is 4.40. The van der Waals surface area contributed by atoms with Gasteiger partial charge in [0, 0.05) is 6.07 Å². The summed E-state index contributed by atoms with van der Waals surface area (Å²) < 4.78 is 10.4. The highest BCUT2D eigenvalue weighted by molar-refractivity contribution is 5.76. The Morgan fingerprint density at radius 2 is 2.14 bits per heavy atom. The third-order valence-electron chi connectivity index (χ3n) is 2.74. The van der Waals surface area contributed by atoms with Crippen LogP contribution in [0.3, 0.4) is 0 Å². The maximum atomic E-state index is 11.7. The summed E-state index contributed by atoms with van der Waals surface area (Å²) in [6, 6.07) is 3.94. The van der Waals surface area contributed by atoms with E-state index < -0.39 is 16.9 Å². The number of hydrogen-bond donors (Lipinski definition) is 1. The van der Waals surface area contributed by atoms with E-state index in [4.69, 9.17) is 9.47 Å². The van der Waals surface area contributed by atoms with Crippen LogP contribution in [0.25, 0.3) is 0 Å². The normalized spacial score (nSPS) is 11.8. The summed E-state index contributed by atoms with van der Waals surface area (Å²) in [5.41, 5.74) is 0.714. The van der Waals surface area contributed by atoms with E-state index in [1.807, 2.05) is 13.8 Å². The second kappa shape index (κ2) is 8.21. The van der Waals surface area contributed by atoms with E-state index in [9.17, 15) is 14.9 Å². The van der Waals surface area contributed by atoms with Crippen LogP contribution >= 0.6 is 0 Å². The number of likely N-dealkylation sites (N-methyl/N-ethyl adjacent to an activating group) is 1. The van der Waals surface area contributed by atoms with E-state index in [-0.39, 0.29) is 24.7 Å². The van der Waals surface area contributed by atoms with E-state index in [0.717, 1.165) is 5.56 Å².